The molecule has 4 rings (SSSR count). The lowest BCUT2D eigenvalue weighted by Crippen LogP contribution is -2.41. The van der Waals surface area contributed by atoms with Gasteiger partial charge in [0.1, 0.15) is 5.69 Å². The smallest absolute Gasteiger partial charge is 0.251 e. The Bertz CT molecular complexity index is 1370. The fourth-order valence-electron chi connectivity index (χ4n) is 3.51. The summed E-state index contributed by atoms with van der Waals surface area (Å²) in [7, 11) is -3.77. The molecule has 0 aliphatic heterocycles. The first kappa shape index (κ1) is 23.3. The van der Waals surface area contributed by atoms with Gasteiger partial charge in [0, 0.05) is 12.1 Å². The molecule has 0 bridgehead atoms. The van der Waals surface area contributed by atoms with E-state index in [-0.39, 0.29) is 10.8 Å². The topological polar surface area (TPSA) is 117 Å². The van der Waals surface area contributed by atoms with Crippen molar-refractivity contribution in [3.05, 3.63) is 102 Å². The summed E-state index contributed by atoms with van der Waals surface area (Å²) in [4.78, 5) is 12.4. The fourth-order valence-corrected chi connectivity index (χ4v) is 4.90. The number of rotatable bonds is 8. The first-order valence-electron chi connectivity index (χ1n) is 10.7. The summed E-state index contributed by atoms with van der Waals surface area (Å²) < 4.78 is 28.5. The van der Waals surface area contributed by atoms with Crippen LogP contribution in [0.15, 0.2) is 90.0 Å². The fraction of sp³-hybridized carbons (Fsp3) is 0.160. The van der Waals surface area contributed by atoms with Crippen molar-refractivity contribution in [2.24, 2.45) is 0 Å². The summed E-state index contributed by atoms with van der Waals surface area (Å²) in [5.74, 6) is -0.137. The molecule has 1 amide bonds. The number of carbonyl (C=O) groups excluding carboxylic acids is 1. The molecule has 0 atom stereocenters. The predicted molar refractivity (Wildman–Crippen MR) is 129 cm³/mol. The van der Waals surface area contributed by atoms with Gasteiger partial charge in [-0.05, 0) is 60.9 Å². The maximum absolute atomic E-state index is 12.9. The number of H-pyrrole nitrogens is 1. The van der Waals surface area contributed by atoms with E-state index in [4.69, 9.17) is 0 Å². The third-order valence-electron chi connectivity index (χ3n) is 5.36. The highest BCUT2D eigenvalue weighted by molar-refractivity contribution is 7.89. The average molecular weight is 476 g/mol. The summed E-state index contributed by atoms with van der Waals surface area (Å²) in [5.41, 5.74) is 2.90. The van der Waals surface area contributed by atoms with E-state index in [1.54, 1.807) is 50.2 Å². The van der Waals surface area contributed by atoms with Crippen LogP contribution in [0.5, 0.6) is 0 Å². The van der Waals surface area contributed by atoms with Gasteiger partial charge in [-0.25, -0.2) is 8.42 Å². The van der Waals surface area contributed by atoms with E-state index in [1.165, 1.54) is 6.20 Å². The van der Waals surface area contributed by atoms with Gasteiger partial charge in [-0.15, -0.1) is 0 Å². The van der Waals surface area contributed by atoms with Gasteiger partial charge < -0.3 is 5.32 Å². The normalized spacial score (nSPS) is 11.8. The molecule has 0 aliphatic carbocycles. The van der Waals surface area contributed by atoms with Crippen molar-refractivity contribution in [3.8, 4) is 11.1 Å². The Kier molecular flexibility index (Phi) is 6.58. The molecule has 174 valence electrons. The minimum Gasteiger partial charge on any atom is -0.348 e. The Labute approximate surface area is 198 Å². The minimum absolute atomic E-state index is 0.137. The predicted octanol–water partition coefficient (Wildman–Crippen LogP) is 3.62. The van der Waals surface area contributed by atoms with Crippen LogP contribution in [0.3, 0.4) is 0 Å². The molecule has 34 heavy (non-hydrogen) atoms. The quantitative estimate of drug-likeness (QED) is 0.360. The molecule has 0 unspecified atom stereocenters. The molecule has 9 heteroatoms. The van der Waals surface area contributed by atoms with Crippen LogP contribution in [0.1, 0.15) is 35.5 Å². The van der Waals surface area contributed by atoms with Crippen LogP contribution < -0.4 is 10.0 Å². The number of hydrogen-bond donors (Lipinski definition) is 3. The molecule has 3 N–H and O–H groups in total. The molecule has 4 aromatic rings. The van der Waals surface area contributed by atoms with E-state index in [2.05, 4.69) is 25.4 Å². The number of aromatic nitrogens is 3. The van der Waals surface area contributed by atoms with E-state index in [0.717, 1.165) is 16.7 Å². The van der Waals surface area contributed by atoms with Crippen molar-refractivity contribution >= 4 is 15.9 Å². The summed E-state index contributed by atoms with van der Waals surface area (Å²) in [5, 5.41) is 13.1. The zero-order valence-electron chi connectivity index (χ0n) is 18.8. The van der Waals surface area contributed by atoms with Crippen molar-refractivity contribution in [1.29, 1.82) is 0 Å². The zero-order valence-corrected chi connectivity index (χ0v) is 19.6. The average Bonchev–Trinajstić information content (AvgIpc) is 3.39. The van der Waals surface area contributed by atoms with Crippen LogP contribution >= 0.6 is 0 Å². The number of nitrogens with one attached hydrogen (secondary N) is 3. The monoisotopic (exact) mass is 475 g/mol. The van der Waals surface area contributed by atoms with E-state index < -0.39 is 15.6 Å². The minimum atomic E-state index is -3.77. The van der Waals surface area contributed by atoms with Crippen LogP contribution in [0.25, 0.3) is 11.1 Å². The maximum atomic E-state index is 12.9. The second-order valence-electron chi connectivity index (χ2n) is 8.36. The molecule has 0 saturated carbocycles. The van der Waals surface area contributed by atoms with Crippen molar-refractivity contribution < 1.29 is 13.2 Å². The van der Waals surface area contributed by atoms with Crippen LogP contribution in [0, 0.1) is 0 Å². The Hall–Kier alpha value is -3.82. The van der Waals surface area contributed by atoms with Crippen LogP contribution in [-0.2, 0) is 22.1 Å². The van der Waals surface area contributed by atoms with Crippen LogP contribution in [0.2, 0.25) is 0 Å². The highest BCUT2D eigenvalue weighted by Gasteiger charge is 2.30. The number of benzene rings is 3. The molecule has 0 fully saturated rings. The first-order chi connectivity index (χ1) is 16.2. The molecular formula is C25H25N5O3S. The van der Waals surface area contributed by atoms with Gasteiger partial charge in [0.05, 0.1) is 16.6 Å². The number of sulfonamides is 1. The van der Waals surface area contributed by atoms with E-state index >= 15 is 0 Å². The van der Waals surface area contributed by atoms with E-state index in [1.807, 2.05) is 42.5 Å². The summed E-state index contributed by atoms with van der Waals surface area (Å²) in [6.07, 6.45) is 1.49. The molecule has 1 heterocycles. The number of carbonyl (C=O) groups is 1. The van der Waals surface area contributed by atoms with Crippen molar-refractivity contribution in [2.75, 3.05) is 0 Å². The molecule has 0 radical (unpaired) electrons. The van der Waals surface area contributed by atoms with Gasteiger partial charge in [0.2, 0.25) is 10.0 Å². The summed E-state index contributed by atoms with van der Waals surface area (Å²) in [6, 6.07) is 23.5. The summed E-state index contributed by atoms with van der Waals surface area (Å²) in [6.45, 7) is 3.83. The van der Waals surface area contributed by atoms with Gasteiger partial charge in [-0.1, -0.05) is 48.5 Å². The number of aromatic amines is 1. The third kappa shape index (κ3) is 5.38. The molecule has 8 nitrogen and oxygen atoms in total. The standard InChI is InChI=1S/C25H25N5O3S/c1-25(2,23-17-27-30-28-23)29-34(32,33)22-13-11-19(12-14-22)21-10-6-7-18(15-21)16-26-24(31)20-8-4-3-5-9-20/h3-15,17,29H,16H2,1-2H3,(H,26,31)(H,27,28,30). The molecule has 3 aromatic carbocycles. The Morgan fingerprint density at radius 3 is 2.35 bits per heavy atom. The number of hydrogen-bond acceptors (Lipinski definition) is 5. The van der Waals surface area contributed by atoms with Crippen molar-refractivity contribution in [3.63, 3.8) is 0 Å². The van der Waals surface area contributed by atoms with Gasteiger partial charge in [-0.3, -0.25) is 4.79 Å². The Morgan fingerprint density at radius 2 is 1.68 bits per heavy atom. The highest BCUT2D eigenvalue weighted by atomic mass is 32.2. The highest BCUT2D eigenvalue weighted by Crippen LogP contribution is 2.25. The van der Waals surface area contributed by atoms with E-state index in [0.29, 0.717) is 17.8 Å². The molecule has 0 spiro atoms. The van der Waals surface area contributed by atoms with Gasteiger partial charge in [-0.2, -0.15) is 20.1 Å². The Morgan fingerprint density at radius 1 is 0.941 bits per heavy atom. The van der Waals surface area contributed by atoms with Gasteiger partial charge >= 0.3 is 0 Å². The molecule has 1 aromatic heterocycles. The lowest BCUT2D eigenvalue weighted by atomic mass is 10.0. The number of nitrogens with zero attached hydrogens (tertiary/aromatic N) is 2. The van der Waals surface area contributed by atoms with Crippen molar-refractivity contribution in [1.82, 2.24) is 25.4 Å². The van der Waals surface area contributed by atoms with Gasteiger partial charge in [0.15, 0.2) is 0 Å². The molecule has 0 saturated heterocycles. The second-order valence-corrected chi connectivity index (χ2v) is 10.0. The largest absolute Gasteiger partial charge is 0.348 e. The lowest BCUT2D eigenvalue weighted by Gasteiger charge is -2.23. The summed E-state index contributed by atoms with van der Waals surface area (Å²) >= 11 is 0. The number of amides is 1. The maximum Gasteiger partial charge on any atom is 0.251 e. The third-order valence-corrected chi connectivity index (χ3v) is 7.03. The SMILES string of the molecule is CC(C)(NS(=O)(=O)c1ccc(-c2cccc(CNC(=O)c3ccccc3)c2)cc1)c1cn[nH]n1. The van der Waals surface area contributed by atoms with Gasteiger partial charge in [0.25, 0.3) is 5.91 Å². The Balaban J connectivity index is 1.46. The lowest BCUT2D eigenvalue weighted by molar-refractivity contribution is 0.0951. The molecule has 0 aliphatic rings. The van der Waals surface area contributed by atoms with E-state index in [9.17, 15) is 13.2 Å². The van der Waals surface area contributed by atoms with Crippen LogP contribution in [0.4, 0.5) is 0 Å². The van der Waals surface area contributed by atoms with Crippen molar-refractivity contribution in [2.45, 2.75) is 30.8 Å². The first-order valence-corrected chi connectivity index (χ1v) is 12.2. The zero-order chi connectivity index (χ0) is 24.2. The van der Waals surface area contributed by atoms with Crippen LogP contribution in [-0.4, -0.2) is 29.7 Å². The second kappa shape index (κ2) is 9.58. The molecular weight excluding hydrogens is 450 g/mol.